The highest BCUT2D eigenvalue weighted by atomic mass is 32.1. The molecule has 0 spiro atoms. The lowest BCUT2D eigenvalue weighted by molar-refractivity contribution is 1.43. The van der Waals surface area contributed by atoms with E-state index in [1.807, 2.05) is 13.0 Å². The van der Waals surface area contributed by atoms with E-state index in [2.05, 4.69) is 0 Å². The summed E-state index contributed by atoms with van der Waals surface area (Å²) in [5.41, 5.74) is 11.4. The quantitative estimate of drug-likeness (QED) is 0.416. The molecule has 0 bridgehead atoms. The van der Waals surface area contributed by atoms with Crippen LogP contribution in [0, 0.1) is 12.3 Å². The van der Waals surface area contributed by atoms with Crippen LogP contribution in [0.5, 0.6) is 0 Å². The smallest absolute Gasteiger partial charge is 0.125 e. The van der Waals surface area contributed by atoms with Crippen molar-refractivity contribution in [3.63, 3.8) is 0 Å². The Balaban J connectivity index is 3.15. The maximum Gasteiger partial charge on any atom is 0.125 e. The molecule has 0 amide bonds. The average Bonchev–Trinajstić information content (AvgIpc) is 2.10. The number of hydrogen-bond acceptors (Lipinski definition) is 3. The average molecular weight is 155 g/mol. The second kappa shape index (κ2) is 2.30. The molecule has 0 aromatic carbocycles. The SMILES string of the molecule is Cc1cc(C(=N)N)c(N)s1. The van der Waals surface area contributed by atoms with Crippen molar-refractivity contribution in [1.29, 1.82) is 5.41 Å². The van der Waals surface area contributed by atoms with E-state index >= 15 is 0 Å². The summed E-state index contributed by atoms with van der Waals surface area (Å²) in [5, 5.41) is 7.72. The standard InChI is InChI=1S/C6H9N3S/c1-3-2-4(5(7)8)6(9)10-3/h2H,9H2,1H3,(H3,7,8). The van der Waals surface area contributed by atoms with Gasteiger partial charge in [-0.2, -0.15) is 0 Å². The lowest BCUT2D eigenvalue weighted by atomic mass is 10.3. The van der Waals surface area contributed by atoms with Crippen LogP contribution < -0.4 is 11.5 Å². The van der Waals surface area contributed by atoms with Crippen LogP contribution in [-0.2, 0) is 0 Å². The highest BCUT2D eigenvalue weighted by molar-refractivity contribution is 7.16. The van der Waals surface area contributed by atoms with Gasteiger partial charge >= 0.3 is 0 Å². The number of nitrogens with two attached hydrogens (primary N) is 2. The van der Waals surface area contributed by atoms with Gasteiger partial charge < -0.3 is 11.5 Å². The van der Waals surface area contributed by atoms with Crippen molar-refractivity contribution in [2.24, 2.45) is 5.73 Å². The fourth-order valence-electron chi connectivity index (χ4n) is 0.743. The van der Waals surface area contributed by atoms with Crippen molar-refractivity contribution in [3.05, 3.63) is 16.5 Å². The van der Waals surface area contributed by atoms with E-state index in [9.17, 15) is 0 Å². The Morgan fingerprint density at radius 3 is 2.50 bits per heavy atom. The molecule has 0 aliphatic carbocycles. The van der Waals surface area contributed by atoms with E-state index < -0.39 is 0 Å². The molecule has 1 aromatic rings. The molecule has 54 valence electrons. The van der Waals surface area contributed by atoms with E-state index in [1.165, 1.54) is 11.3 Å². The van der Waals surface area contributed by atoms with Gasteiger partial charge in [-0.25, -0.2) is 0 Å². The predicted octanol–water partition coefficient (Wildman–Crippen LogP) is 0.923. The lowest BCUT2D eigenvalue weighted by Crippen LogP contribution is -2.11. The van der Waals surface area contributed by atoms with Gasteiger partial charge in [-0.3, -0.25) is 5.41 Å². The van der Waals surface area contributed by atoms with Crippen molar-refractivity contribution in [2.45, 2.75) is 6.92 Å². The van der Waals surface area contributed by atoms with Crippen LogP contribution >= 0.6 is 11.3 Å². The van der Waals surface area contributed by atoms with Gasteiger partial charge in [-0.1, -0.05) is 0 Å². The van der Waals surface area contributed by atoms with Crippen LogP contribution in [0.1, 0.15) is 10.4 Å². The Morgan fingerprint density at radius 2 is 2.30 bits per heavy atom. The Morgan fingerprint density at radius 1 is 1.70 bits per heavy atom. The Bertz CT molecular complexity index is 264. The number of rotatable bonds is 1. The molecule has 0 aliphatic heterocycles. The molecule has 1 aromatic heterocycles. The first-order valence-electron chi connectivity index (χ1n) is 2.81. The third-order valence-electron chi connectivity index (χ3n) is 1.17. The summed E-state index contributed by atoms with van der Waals surface area (Å²) in [4.78, 5) is 1.09. The zero-order valence-corrected chi connectivity index (χ0v) is 6.46. The van der Waals surface area contributed by atoms with Gasteiger partial charge in [0.2, 0.25) is 0 Å². The van der Waals surface area contributed by atoms with Crippen molar-refractivity contribution >= 4 is 22.2 Å². The van der Waals surface area contributed by atoms with Crippen molar-refractivity contribution < 1.29 is 0 Å². The Kier molecular flexibility index (Phi) is 1.63. The Labute approximate surface area is 63.2 Å². The molecule has 0 atom stereocenters. The van der Waals surface area contributed by atoms with Crippen LogP contribution in [0.2, 0.25) is 0 Å². The van der Waals surface area contributed by atoms with Gasteiger partial charge in [0.05, 0.1) is 10.6 Å². The van der Waals surface area contributed by atoms with E-state index in [0.29, 0.717) is 10.6 Å². The number of aryl methyl sites for hydroxylation is 1. The molecule has 0 unspecified atom stereocenters. The summed E-state index contributed by atoms with van der Waals surface area (Å²) in [6.07, 6.45) is 0. The van der Waals surface area contributed by atoms with Crippen LogP contribution in [0.25, 0.3) is 0 Å². The van der Waals surface area contributed by atoms with Gasteiger partial charge in [0.1, 0.15) is 5.84 Å². The summed E-state index contributed by atoms with van der Waals surface area (Å²) in [5.74, 6) is 0.0434. The predicted molar refractivity (Wildman–Crippen MR) is 44.5 cm³/mol. The monoisotopic (exact) mass is 155 g/mol. The van der Waals surface area contributed by atoms with Gasteiger partial charge in [0.15, 0.2) is 0 Å². The summed E-state index contributed by atoms with van der Waals surface area (Å²) >= 11 is 1.45. The molecule has 4 heteroatoms. The molecule has 1 heterocycles. The fourth-order valence-corrected chi connectivity index (χ4v) is 1.55. The lowest BCUT2D eigenvalue weighted by Gasteiger charge is -1.91. The van der Waals surface area contributed by atoms with Crippen LogP contribution in [0.15, 0.2) is 6.07 Å². The van der Waals surface area contributed by atoms with E-state index in [4.69, 9.17) is 16.9 Å². The number of amidine groups is 1. The largest absolute Gasteiger partial charge is 0.390 e. The highest BCUT2D eigenvalue weighted by Crippen LogP contribution is 2.22. The minimum Gasteiger partial charge on any atom is -0.390 e. The van der Waals surface area contributed by atoms with Crippen LogP contribution in [0.4, 0.5) is 5.00 Å². The normalized spacial score (nSPS) is 9.70. The summed E-state index contributed by atoms with van der Waals surface area (Å²) in [7, 11) is 0. The number of nitrogens with one attached hydrogen (secondary N) is 1. The number of thiophene rings is 1. The molecule has 5 N–H and O–H groups in total. The molecular weight excluding hydrogens is 146 g/mol. The first kappa shape index (κ1) is 7.08. The van der Waals surface area contributed by atoms with Gasteiger partial charge in [-0.15, -0.1) is 11.3 Å². The molecule has 0 aliphatic rings. The topological polar surface area (TPSA) is 75.9 Å². The molecule has 3 nitrogen and oxygen atoms in total. The maximum atomic E-state index is 7.09. The molecule has 0 radical (unpaired) electrons. The molecular formula is C6H9N3S. The molecule has 0 saturated heterocycles. The summed E-state index contributed by atoms with van der Waals surface area (Å²) in [6.45, 7) is 1.94. The number of anilines is 1. The van der Waals surface area contributed by atoms with E-state index in [0.717, 1.165) is 4.88 Å². The second-order valence-electron chi connectivity index (χ2n) is 2.05. The molecule has 1 rings (SSSR count). The highest BCUT2D eigenvalue weighted by Gasteiger charge is 2.04. The van der Waals surface area contributed by atoms with Crippen molar-refractivity contribution in [3.8, 4) is 0 Å². The van der Waals surface area contributed by atoms with E-state index in [1.54, 1.807) is 0 Å². The zero-order chi connectivity index (χ0) is 7.72. The van der Waals surface area contributed by atoms with Gasteiger partial charge in [0.25, 0.3) is 0 Å². The number of nitrogen functional groups attached to an aromatic ring is 2. The van der Waals surface area contributed by atoms with Gasteiger partial charge in [-0.05, 0) is 13.0 Å². The van der Waals surface area contributed by atoms with E-state index in [-0.39, 0.29) is 5.84 Å². The van der Waals surface area contributed by atoms with Crippen molar-refractivity contribution in [2.75, 3.05) is 5.73 Å². The second-order valence-corrected chi connectivity index (χ2v) is 3.34. The number of hydrogen-bond donors (Lipinski definition) is 3. The third-order valence-corrected chi connectivity index (χ3v) is 2.05. The summed E-state index contributed by atoms with van der Waals surface area (Å²) < 4.78 is 0. The molecule has 0 fully saturated rings. The summed E-state index contributed by atoms with van der Waals surface area (Å²) in [6, 6.07) is 1.82. The first-order chi connectivity index (χ1) is 4.61. The first-order valence-corrected chi connectivity index (χ1v) is 3.63. The van der Waals surface area contributed by atoms with Gasteiger partial charge in [0, 0.05) is 4.88 Å². The fraction of sp³-hybridized carbons (Fsp3) is 0.167. The molecule has 0 saturated carbocycles. The van der Waals surface area contributed by atoms with Crippen LogP contribution in [-0.4, -0.2) is 5.84 Å². The third kappa shape index (κ3) is 1.11. The maximum absolute atomic E-state index is 7.09. The minimum absolute atomic E-state index is 0.0434. The molecule has 10 heavy (non-hydrogen) atoms. The Hall–Kier alpha value is -1.03. The minimum atomic E-state index is 0.0434. The van der Waals surface area contributed by atoms with Crippen LogP contribution in [0.3, 0.4) is 0 Å². The van der Waals surface area contributed by atoms with Crippen molar-refractivity contribution in [1.82, 2.24) is 0 Å². The zero-order valence-electron chi connectivity index (χ0n) is 5.64.